The van der Waals surface area contributed by atoms with Crippen molar-refractivity contribution >= 4 is 10.9 Å². The molecule has 4 aromatic rings. The van der Waals surface area contributed by atoms with Gasteiger partial charge in [0.25, 0.3) is 5.56 Å². The molecule has 7 heteroatoms. The first-order valence-corrected chi connectivity index (χ1v) is 10.2. The number of hydrogen-bond donors (Lipinski definition) is 0. The minimum Gasteiger partial charge on any atom is -0.497 e. The Hall–Kier alpha value is -3.61. The topological polar surface area (TPSA) is 71.2 Å². The highest BCUT2D eigenvalue weighted by Gasteiger charge is 2.19. The summed E-state index contributed by atoms with van der Waals surface area (Å²) in [5.74, 6) is 1.46. The maximum atomic E-state index is 13.6. The first-order chi connectivity index (χ1) is 14.9. The summed E-state index contributed by atoms with van der Waals surface area (Å²) in [6, 6.07) is 13.5. The first kappa shape index (κ1) is 20.7. The van der Waals surface area contributed by atoms with Gasteiger partial charge in [-0.1, -0.05) is 32.0 Å². The van der Waals surface area contributed by atoms with Crippen LogP contribution in [0.2, 0.25) is 0 Å². The largest absolute Gasteiger partial charge is 0.497 e. The van der Waals surface area contributed by atoms with Crippen LogP contribution >= 0.6 is 0 Å². The van der Waals surface area contributed by atoms with Crippen LogP contribution in [0.1, 0.15) is 36.6 Å². The molecule has 0 bridgehead atoms. The van der Waals surface area contributed by atoms with Gasteiger partial charge in [-0.05, 0) is 42.2 Å². The molecule has 0 aliphatic rings. The van der Waals surface area contributed by atoms with Crippen molar-refractivity contribution in [1.82, 2.24) is 19.6 Å². The second kappa shape index (κ2) is 8.26. The highest BCUT2D eigenvalue weighted by Crippen LogP contribution is 2.26. The maximum absolute atomic E-state index is 13.6. The van der Waals surface area contributed by atoms with Gasteiger partial charge < -0.3 is 9.47 Å². The van der Waals surface area contributed by atoms with Gasteiger partial charge >= 0.3 is 0 Å². The third-order valence-electron chi connectivity index (χ3n) is 5.34. The summed E-state index contributed by atoms with van der Waals surface area (Å²) < 4.78 is 14.0. The predicted octanol–water partition coefficient (Wildman–Crippen LogP) is 4.08. The summed E-state index contributed by atoms with van der Waals surface area (Å²) in [6.07, 6.45) is 1.74. The fourth-order valence-electron chi connectivity index (χ4n) is 3.74. The van der Waals surface area contributed by atoms with Crippen LogP contribution in [0, 0.1) is 6.92 Å². The molecule has 0 radical (unpaired) electrons. The van der Waals surface area contributed by atoms with E-state index in [1.54, 1.807) is 31.2 Å². The molecule has 0 saturated carbocycles. The van der Waals surface area contributed by atoms with Gasteiger partial charge in [0, 0.05) is 11.5 Å². The maximum Gasteiger partial charge on any atom is 0.293 e. The number of hydrogen-bond acceptors (Lipinski definition) is 5. The van der Waals surface area contributed by atoms with Gasteiger partial charge in [-0.15, -0.1) is 0 Å². The van der Waals surface area contributed by atoms with E-state index in [0.717, 1.165) is 27.9 Å². The summed E-state index contributed by atoms with van der Waals surface area (Å²) in [7, 11) is 3.21. The monoisotopic (exact) mass is 418 g/mol. The Balaban J connectivity index is 1.93. The minimum absolute atomic E-state index is 0.128. The van der Waals surface area contributed by atoms with Crippen molar-refractivity contribution in [2.45, 2.75) is 33.2 Å². The fraction of sp³-hybridized carbons (Fsp3) is 0.292. The Labute approximate surface area is 180 Å². The highest BCUT2D eigenvalue weighted by atomic mass is 16.5. The molecular weight excluding hydrogens is 392 g/mol. The molecule has 0 aliphatic heterocycles. The Morgan fingerprint density at radius 3 is 2.32 bits per heavy atom. The summed E-state index contributed by atoms with van der Waals surface area (Å²) in [5.41, 5.74) is 3.96. The van der Waals surface area contributed by atoms with E-state index in [9.17, 15) is 4.79 Å². The lowest BCUT2D eigenvalue weighted by Gasteiger charge is -2.14. The van der Waals surface area contributed by atoms with Crippen molar-refractivity contribution in [1.29, 1.82) is 0 Å². The predicted molar refractivity (Wildman–Crippen MR) is 121 cm³/mol. The van der Waals surface area contributed by atoms with Crippen LogP contribution in [0.25, 0.3) is 16.6 Å². The van der Waals surface area contributed by atoms with E-state index in [4.69, 9.17) is 14.6 Å². The molecule has 4 rings (SSSR count). The smallest absolute Gasteiger partial charge is 0.293 e. The van der Waals surface area contributed by atoms with Gasteiger partial charge in [0.2, 0.25) is 0 Å². The van der Waals surface area contributed by atoms with Crippen molar-refractivity contribution < 1.29 is 9.47 Å². The fourth-order valence-corrected chi connectivity index (χ4v) is 3.74. The van der Waals surface area contributed by atoms with Crippen LogP contribution in [-0.2, 0) is 6.54 Å². The second-order valence-electron chi connectivity index (χ2n) is 7.83. The average molecular weight is 418 g/mol. The number of aromatic nitrogens is 4. The zero-order valence-corrected chi connectivity index (χ0v) is 18.4. The number of rotatable bonds is 6. The average Bonchev–Trinajstić information content (AvgIpc) is 3.20. The normalized spacial score (nSPS) is 11.3. The molecule has 0 amide bonds. The van der Waals surface area contributed by atoms with E-state index < -0.39 is 0 Å². The van der Waals surface area contributed by atoms with E-state index >= 15 is 0 Å². The minimum atomic E-state index is -0.193. The number of nitrogens with zero attached hydrogens (tertiary/aromatic N) is 4. The zero-order valence-electron chi connectivity index (χ0n) is 18.4. The van der Waals surface area contributed by atoms with Crippen LogP contribution in [0.15, 0.2) is 53.5 Å². The first-order valence-electron chi connectivity index (χ1n) is 10.2. The highest BCUT2D eigenvalue weighted by molar-refractivity contribution is 5.82. The Kier molecular flexibility index (Phi) is 5.50. The van der Waals surface area contributed by atoms with Gasteiger partial charge in [-0.3, -0.25) is 4.79 Å². The van der Waals surface area contributed by atoms with E-state index in [1.807, 2.05) is 43.3 Å². The number of aryl methyl sites for hydroxylation is 1. The van der Waals surface area contributed by atoms with Gasteiger partial charge in [-0.25, -0.2) is 9.36 Å². The standard InChI is InChI=1S/C24H26N4O3/c1-15(2)22-20-13-25-28(21-9-7-6-8-16(21)3)23(20)24(29)27(26-22)14-17-10-18(30-4)12-19(11-17)31-5/h6-13,15H,14H2,1-5H3. The summed E-state index contributed by atoms with van der Waals surface area (Å²) >= 11 is 0. The van der Waals surface area contributed by atoms with E-state index in [1.165, 1.54) is 4.68 Å². The third kappa shape index (κ3) is 3.79. The quantitative estimate of drug-likeness (QED) is 0.472. The lowest BCUT2D eigenvalue weighted by atomic mass is 10.1. The summed E-state index contributed by atoms with van der Waals surface area (Å²) in [4.78, 5) is 13.6. The molecule has 2 heterocycles. The van der Waals surface area contributed by atoms with Crippen LogP contribution < -0.4 is 15.0 Å². The van der Waals surface area contributed by atoms with Crippen molar-refractivity contribution in [3.05, 3.63) is 75.8 Å². The lowest BCUT2D eigenvalue weighted by Crippen LogP contribution is -2.27. The van der Waals surface area contributed by atoms with Crippen LogP contribution in [-0.4, -0.2) is 33.8 Å². The lowest BCUT2D eigenvalue weighted by molar-refractivity contribution is 0.393. The number of benzene rings is 2. The number of methoxy groups -OCH3 is 2. The molecule has 160 valence electrons. The summed E-state index contributed by atoms with van der Waals surface area (Å²) in [5, 5.41) is 10.0. The molecule has 2 aromatic carbocycles. The van der Waals surface area contributed by atoms with Crippen molar-refractivity contribution in [2.24, 2.45) is 0 Å². The molecule has 2 aromatic heterocycles. The second-order valence-corrected chi connectivity index (χ2v) is 7.83. The van der Waals surface area contributed by atoms with Crippen LogP contribution in [0.3, 0.4) is 0 Å². The number of para-hydroxylation sites is 1. The Bertz CT molecular complexity index is 1280. The van der Waals surface area contributed by atoms with Crippen molar-refractivity contribution in [3.63, 3.8) is 0 Å². The molecule has 0 N–H and O–H groups in total. The van der Waals surface area contributed by atoms with E-state index in [0.29, 0.717) is 23.6 Å². The summed E-state index contributed by atoms with van der Waals surface area (Å²) in [6.45, 7) is 6.43. The van der Waals surface area contributed by atoms with Gasteiger partial charge in [-0.2, -0.15) is 10.2 Å². The Morgan fingerprint density at radius 2 is 1.71 bits per heavy atom. The molecule has 0 atom stereocenters. The van der Waals surface area contributed by atoms with Crippen molar-refractivity contribution in [2.75, 3.05) is 14.2 Å². The molecule has 0 unspecified atom stereocenters. The molecule has 31 heavy (non-hydrogen) atoms. The SMILES string of the molecule is COc1cc(Cn2nc(C(C)C)c3cnn(-c4ccccc4C)c3c2=O)cc(OC)c1. The number of fused-ring (bicyclic) bond motifs is 1. The van der Waals surface area contributed by atoms with Crippen LogP contribution in [0.4, 0.5) is 0 Å². The number of ether oxygens (including phenoxy) is 2. The van der Waals surface area contributed by atoms with Crippen LogP contribution in [0.5, 0.6) is 11.5 Å². The van der Waals surface area contributed by atoms with Gasteiger partial charge in [0.1, 0.15) is 17.0 Å². The molecule has 7 nitrogen and oxygen atoms in total. The Morgan fingerprint density at radius 1 is 1.03 bits per heavy atom. The molecule has 0 aliphatic carbocycles. The zero-order chi connectivity index (χ0) is 22.1. The molecular formula is C24H26N4O3. The van der Waals surface area contributed by atoms with E-state index in [2.05, 4.69) is 18.9 Å². The van der Waals surface area contributed by atoms with E-state index in [-0.39, 0.29) is 11.5 Å². The third-order valence-corrected chi connectivity index (χ3v) is 5.34. The molecule has 0 saturated heterocycles. The molecule has 0 spiro atoms. The van der Waals surface area contributed by atoms with Crippen molar-refractivity contribution in [3.8, 4) is 17.2 Å². The van der Waals surface area contributed by atoms with Gasteiger partial charge in [0.05, 0.1) is 38.3 Å². The van der Waals surface area contributed by atoms with Gasteiger partial charge in [0.15, 0.2) is 0 Å². The molecule has 0 fully saturated rings.